The number of benzene rings is 2. The minimum Gasteiger partial charge on any atom is -0.465 e. The first-order valence-corrected chi connectivity index (χ1v) is 8.46. The van der Waals surface area contributed by atoms with Gasteiger partial charge >= 0.3 is 5.97 Å². The maximum atomic E-state index is 12.6. The molecule has 1 aromatic heterocycles. The van der Waals surface area contributed by atoms with Crippen molar-refractivity contribution in [3.63, 3.8) is 0 Å². The number of aryl methyl sites for hydroxylation is 1. The summed E-state index contributed by atoms with van der Waals surface area (Å²) >= 11 is 0. The third-order valence-corrected chi connectivity index (χ3v) is 4.43. The molecule has 0 aliphatic heterocycles. The summed E-state index contributed by atoms with van der Waals surface area (Å²) in [4.78, 5) is 39.2. The second kappa shape index (κ2) is 7.89. The number of nitro benzene ring substituents is 1. The van der Waals surface area contributed by atoms with E-state index in [9.17, 15) is 19.7 Å². The fourth-order valence-electron chi connectivity index (χ4n) is 2.79. The van der Waals surface area contributed by atoms with Crippen LogP contribution in [0.25, 0.3) is 5.69 Å². The first-order valence-electron chi connectivity index (χ1n) is 8.46. The summed E-state index contributed by atoms with van der Waals surface area (Å²) in [7, 11) is 1.28. The molecular formula is C19H17N5O5. The van der Waals surface area contributed by atoms with E-state index in [2.05, 4.69) is 15.4 Å². The molecule has 0 aliphatic carbocycles. The van der Waals surface area contributed by atoms with Crippen LogP contribution in [-0.4, -0.2) is 38.7 Å². The zero-order valence-corrected chi connectivity index (χ0v) is 15.9. The Balaban J connectivity index is 1.94. The number of nitrogens with zero attached hydrogens (tertiary/aromatic N) is 4. The highest BCUT2D eigenvalue weighted by atomic mass is 16.6. The molecule has 0 unspecified atom stereocenters. The molecule has 0 saturated heterocycles. The largest absolute Gasteiger partial charge is 0.465 e. The number of esters is 1. The Morgan fingerprint density at radius 1 is 1.21 bits per heavy atom. The molecule has 3 rings (SSSR count). The van der Waals surface area contributed by atoms with Gasteiger partial charge < -0.3 is 10.1 Å². The fourth-order valence-corrected chi connectivity index (χ4v) is 2.79. The molecule has 1 heterocycles. The average Bonchev–Trinajstić information content (AvgIpc) is 3.24. The molecule has 148 valence electrons. The van der Waals surface area contributed by atoms with Gasteiger partial charge in [-0.15, -0.1) is 0 Å². The quantitative estimate of drug-likeness (QED) is 0.399. The average molecular weight is 395 g/mol. The fraction of sp³-hybridized carbons (Fsp3) is 0.158. The Hall–Kier alpha value is -4.08. The van der Waals surface area contributed by atoms with Gasteiger partial charge in [-0.05, 0) is 49.2 Å². The van der Waals surface area contributed by atoms with E-state index in [4.69, 9.17) is 4.74 Å². The second-order valence-electron chi connectivity index (χ2n) is 6.21. The van der Waals surface area contributed by atoms with Gasteiger partial charge in [0.05, 0.1) is 17.6 Å². The SMILES string of the molecule is COC(=O)c1cc(NC(=O)c2ccc(-n3cncn3)c([N+](=O)[O-])c2)cc(C)c1C. The molecule has 0 bridgehead atoms. The van der Waals surface area contributed by atoms with Crippen LogP contribution in [0, 0.1) is 24.0 Å². The number of methoxy groups -OCH3 is 1. The highest BCUT2D eigenvalue weighted by Crippen LogP contribution is 2.25. The van der Waals surface area contributed by atoms with E-state index in [-0.39, 0.29) is 16.9 Å². The highest BCUT2D eigenvalue weighted by molar-refractivity contribution is 6.05. The van der Waals surface area contributed by atoms with Gasteiger partial charge in [-0.25, -0.2) is 14.5 Å². The lowest BCUT2D eigenvalue weighted by atomic mass is 10.0. The Morgan fingerprint density at radius 3 is 2.59 bits per heavy atom. The van der Waals surface area contributed by atoms with E-state index in [1.807, 2.05) is 0 Å². The van der Waals surface area contributed by atoms with Crippen molar-refractivity contribution >= 4 is 23.3 Å². The normalized spacial score (nSPS) is 10.4. The van der Waals surface area contributed by atoms with Gasteiger partial charge in [0.1, 0.15) is 18.3 Å². The van der Waals surface area contributed by atoms with Crippen molar-refractivity contribution in [2.24, 2.45) is 0 Å². The molecule has 10 nitrogen and oxygen atoms in total. The Kier molecular flexibility index (Phi) is 5.35. The second-order valence-corrected chi connectivity index (χ2v) is 6.21. The van der Waals surface area contributed by atoms with Crippen molar-refractivity contribution in [1.29, 1.82) is 0 Å². The molecule has 10 heteroatoms. The van der Waals surface area contributed by atoms with E-state index in [1.54, 1.807) is 19.9 Å². The van der Waals surface area contributed by atoms with Gasteiger partial charge in [-0.3, -0.25) is 14.9 Å². The van der Waals surface area contributed by atoms with Crippen molar-refractivity contribution in [3.05, 3.63) is 75.4 Å². The third-order valence-electron chi connectivity index (χ3n) is 4.43. The lowest BCUT2D eigenvalue weighted by Gasteiger charge is -2.12. The summed E-state index contributed by atoms with van der Waals surface area (Å²) in [5.41, 5.74) is 2.20. The maximum Gasteiger partial charge on any atom is 0.338 e. The minimum absolute atomic E-state index is 0.0819. The summed E-state index contributed by atoms with van der Waals surface area (Å²) < 4.78 is 6.01. The van der Waals surface area contributed by atoms with E-state index in [0.29, 0.717) is 11.3 Å². The molecule has 0 saturated carbocycles. The van der Waals surface area contributed by atoms with Crippen LogP contribution >= 0.6 is 0 Å². The lowest BCUT2D eigenvalue weighted by Crippen LogP contribution is -2.14. The predicted molar refractivity (Wildman–Crippen MR) is 103 cm³/mol. The molecule has 29 heavy (non-hydrogen) atoms. The molecule has 3 aromatic rings. The maximum absolute atomic E-state index is 12.6. The smallest absolute Gasteiger partial charge is 0.338 e. The number of hydrogen-bond donors (Lipinski definition) is 1. The van der Waals surface area contributed by atoms with Crippen LogP contribution in [0.15, 0.2) is 43.0 Å². The number of hydrogen-bond acceptors (Lipinski definition) is 7. The molecule has 0 aliphatic rings. The number of nitrogens with one attached hydrogen (secondary N) is 1. The zero-order valence-electron chi connectivity index (χ0n) is 15.9. The van der Waals surface area contributed by atoms with Crippen LogP contribution in [0.3, 0.4) is 0 Å². The Bertz CT molecular complexity index is 1110. The minimum atomic E-state index is -0.598. The summed E-state index contributed by atoms with van der Waals surface area (Å²) in [5.74, 6) is -1.08. The molecule has 0 atom stereocenters. The van der Waals surface area contributed by atoms with Crippen LogP contribution in [0.1, 0.15) is 31.8 Å². The van der Waals surface area contributed by atoms with Crippen LogP contribution in [-0.2, 0) is 4.74 Å². The van der Waals surface area contributed by atoms with Gasteiger partial charge in [-0.2, -0.15) is 5.10 Å². The predicted octanol–water partition coefficient (Wildman–Crippen LogP) is 2.83. The van der Waals surface area contributed by atoms with Crippen molar-refractivity contribution in [2.45, 2.75) is 13.8 Å². The van der Waals surface area contributed by atoms with Crippen molar-refractivity contribution in [3.8, 4) is 5.69 Å². The molecule has 0 radical (unpaired) electrons. The summed E-state index contributed by atoms with van der Waals surface area (Å²) in [6.07, 6.45) is 2.58. The topological polar surface area (TPSA) is 129 Å². The number of ether oxygens (including phenoxy) is 1. The lowest BCUT2D eigenvalue weighted by molar-refractivity contribution is -0.384. The Morgan fingerprint density at radius 2 is 1.97 bits per heavy atom. The number of rotatable bonds is 5. The van der Waals surface area contributed by atoms with E-state index in [0.717, 1.165) is 17.2 Å². The Labute approximate surface area is 165 Å². The number of anilines is 1. The monoisotopic (exact) mass is 395 g/mol. The first kappa shape index (κ1) is 19.7. The van der Waals surface area contributed by atoms with Crippen molar-refractivity contribution in [1.82, 2.24) is 14.8 Å². The highest BCUT2D eigenvalue weighted by Gasteiger charge is 2.20. The third kappa shape index (κ3) is 3.95. The number of aromatic nitrogens is 3. The van der Waals surface area contributed by atoms with Crippen molar-refractivity contribution in [2.75, 3.05) is 12.4 Å². The van der Waals surface area contributed by atoms with Crippen LogP contribution in [0.2, 0.25) is 0 Å². The van der Waals surface area contributed by atoms with Gasteiger partial charge in [0, 0.05) is 17.3 Å². The molecule has 1 amide bonds. The van der Waals surface area contributed by atoms with Gasteiger partial charge in [0.15, 0.2) is 0 Å². The van der Waals surface area contributed by atoms with E-state index in [1.165, 1.54) is 42.6 Å². The van der Waals surface area contributed by atoms with Crippen LogP contribution in [0.5, 0.6) is 0 Å². The van der Waals surface area contributed by atoms with Gasteiger partial charge in [0.2, 0.25) is 0 Å². The van der Waals surface area contributed by atoms with Crippen LogP contribution < -0.4 is 5.32 Å². The number of carbonyl (C=O) groups excluding carboxylic acids is 2. The number of carbonyl (C=O) groups is 2. The zero-order chi connectivity index (χ0) is 21.1. The molecule has 2 aromatic carbocycles. The molecule has 0 fully saturated rings. The van der Waals surface area contributed by atoms with E-state index >= 15 is 0 Å². The summed E-state index contributed by atoms with van der Waals surface area (Å²) in [6, 6.07) is 7.24. The number of amides is 1. The van der Waals surface area contributed by atoms with Gasteiger partial charge in [0.25, 0.3) is 11.6 Å². The van der Waals surface area contributed by atoms with Crippen LogP contribution in [0.4, 0.5) is 11.4 Å². The van der Waals surface area contributed by atoms with Gasteiger partial charge in [-0.1, -0.05) is 0 Å². The standard InChI is InChI=1S/C19H17N5O5/c1-11-6-14(8-15(12(11)2)19(26)29-3)22-18(25)13-4-5-16(17(7-13)24(27)28)23-10-20-9-21-23/h4-10H,1-3H3,(H,22,25). The molecule has 1 N–H and O–H groups in total. The van der Waals surface area contributed by atoms with E-state index < -0.39 is 16.8 Å². The number of nitro groups is 1. The molecular weight excluding hydrogens is 378 g/mol. The summed E-state index contributed by atoms with van der Waals surface area (Å²) in [6.45, 7) is 3.58. The first-order chi connectivity index (χ1) is 13.8. The molecule has 0 spiro atoms. The summed E-state index contributed by atoms with van der Waals surface area (Å²) in [5, 5.41) is 18.0. The van der Waals surface area contributed by atoms with Crippen molar-refractivity contribution < 1.29 is 19.2 Å².